The number of benzene rings is 2. The van der Waals surface area contributed by atoms with E-state index in [1.807, 2.05) is 29.2 Å². The highest BCUT2D eigenvalue weighted by atomic mass is 16.2. The topological polar surface area (TPSA) is 45.2 Å². The van der Waals surface area contributed by atoms with Crippen molar-refractivity contribution >= 4 is 17.4 Å². The molecule has 2 heterocycles. The van der Waals surface area contributed by atoms with Gasteiger partial charge in [0.15, 0.2) is 0 Å². The Bertz CT molecular complexity index is 965. The summed E-state index contributed by atoms with van der Waals surface area (Å²) >= 11 is 0. The Morgan fingerprint density at radius 1 is 1.15 bits per heavy atom. The van der Waals surface area contributed by atoms with Crippen LogP contribution in [0.25, 0.3) is 0 Å². The minimum atomic E-state index is 0.0215. The van der Waals surface area contributed by atoms with Gasteiger partial charge in [-0.1, -0.05) is 48.0 Å². The van der Waals surface area contributed by atoms with Crippen LogP contribution < -0.4 is 10.2 Å². The molecule has 27 heavy (non-hydrogen) atoms. The van der Waals surface area contributed by atoms with Gasteiger partial charge < -0.3 is 10.2 Å². The van der Waals surface area contributed by atoms with Crippen molar-refractivity contribution in [2.24, 2.45) is 0 Å². The summed E-state index contributed by atoms with van der Waals surface area (Å²) in [6.45, 7) is 4.84. The van der Waals surface area contributed by atoms with E-state index in [1.165, 1.54) is 16.7 Å². The molecule has 136 valence electrons. The summed E-state index contributed by atoms with van der Waals surface area (Å²) in [5.41, 5.74) is 5.32. The molecule has 1 aliphatic rings. The van der Waals surface area contributed by atoms with Crippen molar-refractivity contribution in [2.45, 2.75) is 32.9 Å². The number of carbonyl (C=O) groups excluding carboxylic acids is 1. The molecular formula is C23H23N3O. The maximum atomic E-state index is 13.2. The fraction of sp³-hybridized carbons (Fsp3) is 0.217. The first-order valence-electron chi connectivity index (χ1n) is 9.29. The van der Waals surface area contributed by atoms with Crippen LogP contribution in [0.4, 0.5) is 11.5 Å². The molecule has 4 rings (SSSR count). The minimum Gasteiger partial charge on any atom is -0.366 e. The van der Waals surface area contributed by atoms with Crippen molar-refractivity contribution in [1.29, 1.82) is 0 Å². The van der Waals surface area contributed by atoms with Crippen LogP contribution in [-0.4, -0.2) is 16.9 Å². The Morgan fingerprint density at radius 2 is 1.93 bits per heavy atom. The van der Waals surface area contributed by atoms with Crippen LogP contribution in [0, 0.1) is 6.92 Å². The second-order valence-corrected chi connectivity index (χ2v) is 7.13. The van der Waals surface area contributed by atoms with Crippen molar-refractivity contribution in [3.8, 4) is 0 Å². The summed E-state index contributed by atoms with van der Waals surface area (Å²) in [5.74, 6) is 0.731. The van der Waals surface area contributed by atoms with Gasteiger partial charge in [0.05, 0.1) is 0 Å². The van der Waals surface area contributed by atoms with E-state index < -0.39 is 0 Å². The van der Waals surface area contributed by atoms with Crippen LogP contribution in [0.3, 0.4) is 0 Å². The molecule has 0 saturated carbocycles. The lowest BCUT2D eigenvalue weighted by molar-refractivity contribution is 0.0981. The van der Waals surface area contributed by atoms with Gasteiger partial charge in [-0.15, -0.1) is 0 Å². The summed E-state index contributed by atoms with van der Waals surface area (Å²) in [6.07, 6.45) is 2.59. The summed E-state index contributed by atoms with van der Waals surface area (Å²) in [6, 6.07) is 20.3. The summed E-state index contributed by atoms with van der Waals surface area (Å²) in [4.78, 5) is 19.4. The van der Waals surface area contributed by atoms with E-state index >= 15 is 0 Å². The van der Waals surface area contributed by atoms with Gasteiger partial charge in [-0.2, -0.15) is 0 Å². The Labute approximate surface area is 159 Å². The molecule has 0 aliphatic carbocycles. The molecule has 3 aromatic rings. The minimum absolute atomic E-state index is 0.0215. The number of nitrogens with zero attached hydrogens (tertiary/aromatic N) is 2. The number of hydrogen-bond acceptors (Lipinski definition) is 3. The van der Waals surface area contributed by atoms with Gasteiger partial charge in [0.25, 0.3) is 5.91 Å². The first-order valence-corrected chi connectivity index (χ1v) is 9.29. The monoisotopic (exact) mass is 357 g/mol. The van der Waals surface area contributed by atoms with Gasteiger partial charge in [0.2, 0.25) is 0 Å². The molecule has 0 spiro atoms. The highest BCUT2D eigenvalue weighted by Gasteiger charge is 2.31. The average Bonchev–Trinajstić information content (AvgIpc) is 3.03. The summed E-state index contributed by atoms with van der Waals surface area (Å²) in [5, 5.41) is 3.31. The van der Waals surface area contributed by atoms with Crippen molar-refractivity contribution in [3.05, 3.63) is 89.1 Å². The third-order valence-electron chi connectivity index (χ3n) is 5.03. The van der Waals surface area contributed by atoms with Crippen molar-refractivity contribution in [2.75, 3.05) is 10.2 Å². The van der Waals surface area contributed by atoms with Crippen LogP contribution >= 0.6 is 0 Å². The van der Waals surface area contributed by atoms with Crippen LogP contribution in [0.2, 0.25) is 0 Å². The Kier molecular flexibility index (Phi) is 4.63. The maximum absolute atomic E-state index is 13.2. The summed E-state index contributed by atoms with van der Waals surface area (Å²) < 4.78 is 0. The van der Waals surface area contributed by atoms with E-state index in [0.29, 0.717) is 17.9 Å². The van der Waals surface area contributed by atoms with E-state index in [9.17, 15) is 4.79 Å². The second kappa shape index (κ2) is 7.23. The Morgan fingerprint density at radius 3 is 2.74 bits per heavy atom. The normalized spacial score (nSPS) is 15.5. The number of para-hydroxylation sites is 1. The van der Waals surface area contributed by atoms with Crippen molar-refractivity contribution in [1.82, 2.24) is 4.98 Å². The molecule has 1 aromatic heterocycles. The molecule has 0 saturated heterocycles. The zero-order valence-electron chi connectivity index (χ0n) is 15.6. The van der Waals surface area contributed by atoms with E-state index in [-0.39, 0.29) is 11.9 Å². The largest absolute Gasteiger partial charge is 0.366 e. The molecular weight excluding hydrogens is 334 g/mol. The Hall–Kier alpha value is -3.14. The first kappa shape index (κ1) is 17.3. The molecule has 0 radical (unpaired) electrons. The SMILES string of the molecule is Cc1ccc(CNc2cc(C(=O)N3c4ccccc4CC3C)ccn2)cc1. The van der Waals surface area contributed by atoms with Crippen LogP contribution in [-0.2, 0) is 13.0 Å². The predicted molar refractivity (Wildman–Crippen MR) is 109 cm³/mol. The number of aryl methyl sites for hydroxylation is 1. The highest BCUT2D eigenvalue weighted by Crippen LogP contribution is 2.33. The molecule has 0 bridgehead atoms. The van der Waals surface area contributed by atoms with Crippen molar-refractivity contribution in [3.63, 3.8) is 0 Å². The van der Waals surface area contributed by atoms with Gasteiger partial charge >= 0.3 is 0 Å². The number of pyridine rings is 1. The third kappa shape index (κ3) is 3.56. The number of aromatic nitrogens is 1. The van der Waals surface area contributed by atoms with Crippen LogP contribution in [0.15, 0.2) is 66.9 Å². The van der Waals surface area contributed by atoms with Gasteiger partial charge in [0, 0.05) is 30.0 Å². The molecule has 4 nitrogen and oxygen atoms in total. The first-order chi connectivity index (χ1) is 13.1. The number of hydrogen-bond donors (Lipinski definition) is 1. The van der Waals surface area contributed by atoms with E-state index in [4.69, 9.17) is 0 Å². The van der Waals surface area contributed by atoms with Gasteiger partial charge in [-0.25, -0.2) is 4.98 Å². The standard InChI is InChI=1S/C23H23N3O/c1-16-7-9-18(10-8-16)15-25-22-14-20(11-12-24-22)23(27)26-17(2)13-19-5-3-4-6-21(19)26/h3-12,14,17H,13,15H2,1-2H3,(H,24,25). The Balaban J connectivity index is 1.52. The molecule has 1 N–H and O–H groups in total. The van der Waals surface area contributed by atoms with Crippen LogP contribution in [0.1, 0.15) is 34.0 Å². The fourth-order valence-corrected chi connectivity index (χ4v) is 3.57. The lowest BCUT2D eigenvalue weighted by Gasteiger charge is -2.23. The number of anilines is 2. The molecule has 1 amide bonds. The maximum Gasteiger partial charge on any atom is 0.258 e. The van der Waals surface area contributed by atoms with Crippen molar-refractivity contribution < 1.29 is 4.79 Å². The number of rotatable bonds is 4. The highest BCUT2D eigenvalue weighted by molar-refractivity contribution is 6.08. The molecule has 1 aliphatic heterocycles. The molecule has 1 atom stereocenters. The van der Waals surface area contributed by atoms with E-state index in [1.54, 1.807) is 12.3 Å². The van der Waals surface area contributed by atoms with Crippen LogP contribution in [0.5, 0.6) is 0 Å². The third-order valence-corrected chi connectivity index (χ3v) is 5.03. The number of amides is 1. The lowest BCUT2D eigenvalue weighted by atomic mass is 10.1. The lowest BCUT2D eigenvalue weighted by Crippen LogP contribution is -2.35. The number of fused-ring (bicyclic) bond motifs is 1. The van der Waals surface area contributed by atoms with E-state index in [2.05, 4.69) is 54.5 Å². The number of carbonyl (C=O) groups is 1. The van der Waals surface area contributed by atoms with E-state index in [0.717, 1.165) is 12.1 Å². The molecule has 4 heteroatoms. The smallest absolute Gasteiger partial charge is 0.258 e. The van der Waals surface area contributed by atoms with Gasteiger partial charge in [0.1, 0.15) is 5.82 Å². The van der Waals surface area contributed by atoms with Gasteiger partial charge in [-0.3, -0.25) is 4.79 Å². The average molecular weight is 357 g/mol. The zero-order valence-corrected chi connectivity index (χ0v) is 15.6. The number of nitrogens with one attached hydrogen (secondary N) is 1. The second-order valence-electron chi connectivity index (χ2n) is 7.13. The molecule has 1 unspecified atom stereocenters. The zero-order chi connectivity index (χ0) is 18.8. The quantitative estimate of drug-likeness (QED) is 0.742. The molecule has 0 fully saturated rings. The fourth-order valence-electron chi connectivity index (χ4n) is 3.57. The summed E-state index contributed by atoms with van der Waals surface area (Å²) in [7, 11) is 0. The predicted octanol–water partition coefficient (Wildman–Crippen LogP) is 4.59. The molecule has 2 aromatic carbocycles. The van der Waals surface area contributed by atoms with Gasteiger partial charge in [-0.05, 0) is 49.6 Å².